The Bertz CT molecular complexity index is 409. The number of amidine groups is 1. The molecule has 1 heterocycles. The molecule has 4 heteroatoms. The number of nitrogen functional groups attached to an aromatic ring is 1. The molecule has 1 aliphatic carbocycles. The average Bonchev–Trinajstić information content (AvgIpc) is 2.14. The summed E-state index contributed by atoms with van der Waals surface area (Å²) in [7, 11) is 2.04. The Morgan fingerprint density at radius 1 is 1.50 bits per heavy atom. The summed E-state index contributed by atoms with van der Waals surface area (Å²) in [6.45, 7) is 1.96. The minimum atomic E-state index is 0.0914. The van der Waals surface area contributed by atoms with Gasteiger partial charge in [0.2, 0.25) is 0 Å². The van der Waals surface area contributed by atoms with E-state index in [1.165, 1.54) is 19.3 Å². The van der Waals surface area contributed by atoms with Crippen molar-refractivity contribution in [3.63, 3.8) is 0 Å². The van der Waals surface area contributed by atoms with E-state index in [1.54, 1.807) is 0 Å². The minimum Gasteiger partial charge on any atom is -0.384 e. The quantitative estimate of drug-likeness (QED) is 0.599. The molecule has 0 unspecified atom stereocenters. The second kappa shape index (κ2) is 4.12. The lowest BCUT2D eigenvalue weighted by Crippen LogP contribution is -2.39. The van der Waals surface area contributed by atoms with Gasteiger partial charge in [0.15, 0.2) is 0 Å². The van der Waals surface area contributed by atoms with Crippen molar-refractivity contribution in [2.75, 3.05) is 11.9 Å². The maximum absolute atomic E-state index is 7.57. The van der Waals surface area contributed by atoms with Crippen LogP contribution in [0.4, 0.5) is 5.82 Å². The van der Waals surface area contributed by atoms with Gasteiger partial charge in [0.1, 0.15) is 11.7 Å². The van der Waals surface area contributed by atoms with Crippen molar-refractivity contribution in [1.82, 2.24) is 4.98 Å². The third kappa shape index (κ3) is 1.87. The molecule has 0 bridgehead atoms. The van der Waals surface area contributed by atoms with Crippen LogP contribution >= 0.6 is 0 Å². The molecule has 0 saturated heterocycles. The fourth-order valence-corrected chi connectivity index (χ4v) is 1.97. The molecule has 86 valence electrons. The highest BCUT2D eigenvalue weighted by molar-refractivity contribution is 5.99. The molecule has 0 aliphatic heterocycles. The second-order valence-electron chi connectivity index (χ2n) is 4.43. The van der Waals surface area contributed by atoms with Gasteiger partial charge in [-0.15, -0.1) is 0 Å². The van der Waals surface area contributed by atoms with Crippen LogP contribution in [0.25, 0.3) is 0 Å². The fourth-order valence-electron chi connectivity index (χ4n) is 1.97. The van der Waals surface area contributed by atoms with Crippen LogP contribution in [0.3, 0.4) is 0 Å². The van der Waals surface area contributed by atoms with E-state index in [2.05, 4.69) is 9.88 Å². The van der Waals surface area contributed by atoms with E-state index in [4.69, 9.17) is 11.1 Å². The number of anilines is 1. The van der Waals surface area contributed by atoms with Gasteiger partial charge in [-0.2, -0.15) is 0 Å². The number of aromatic nitrogens is 1. The van der Waals surface area contributed by atoms with Crippen molar-refractivity contribution >= 4 is 11.7 Å². The molecule has 1 fully saturated rings. The van der Waals surface area contributed by atoms with Crippen LogP contribution < -0.4 is 10.6 Å². The molecule has 1 aromatic rings. The van der Waals surface area contributed by atoms with E-state index < -0.39 is 0 Å². The predicted octanol–water partition coefficient (Wildman–Crippen LogP) is 1.66. The lowest BCUT2D eigenvalue weighted by Gasteiger charge is -2.36. The molecule has 0 aromatic carbocycles. The Morgan fingerprint density at radius 3 is 2.69 bits per heavy atom. The molecule has 16 heavy (non-hydrogen) atoms. The van der Waals surface area contributed by atoms with Crippen molar-refractivity contribution in [2.24, 2.45) is 5.73 Å². The SMILES string of the molecule is Cc1ccc(C(=N)N)c(N(C)C2CCC2)n1. The molecule has 0 atom stereocenters. The number of nitrogens with one attached hydrogen (secondary N) is 1. The van der Waals surface area contributed by atoms with Gasteiger partial charge in [-0.25, -0.2) is 4.98 Å². The Morgan fingerprint density at radius 2 is 2.19 bits per heavy atom. The first kappa shape index (κ1) is 10.9. The third-order valence-corrected chi connectivity index (χ3v) is 3.26. The van der Waals surface area contributed by atoms with E-state index in [9.17, 15) is 0 Å². The molecule has 0 spiro atoms. The standard InChI is InChI=1S/C12H18N4/c1-8-6-7-10(11(13)14)12(15-8)16(2)9-4-3-5-9/h6-7,9H,3-5H2,1-2H3,(H3,13,14). The van der Waals surface area contributed by atoms with Crippen LogP contribution in [0, 0.1) is 12.3 Å². The Balaban J connectivity index is 2.36. The first-order valence-corrected chi connectivity index (χ1v) is 5.64. The van der Waals surface area contributed by atoms with Gasteiger partial charge < -0.3 is 10.6 Å². The molecule has 1 aromatic heterocycles. The number of rotatable bonds is 3. The molecule has 2 rings (SSSR count). The van der Waals surface area contributed by atoms with Crippen molar-refractivity contribution in [2.45, 2.75) is 32.2 Å². The minimum absolute atomic E-state index is 0.0914. The first-order chi connectivity index (χ1) is 7.59. The van der Waals surface area contributed by atoms with Gasteiger partial charge in [0.05, 0.1) is 5.56 Å². The zero-order valence-electron chi connectivity index (χ0n) is 9.83. The lowest BCUT2D eigenvalue weighted by atomic mass is 9.91. The molecule has 0 radical (unpaired) electrons. The summed E-state index contributed by atoms with van der Waals surface area (Å²) in [5, 5.41) is 7.57. The summed E-state index contributed by atoms with van der Waals surface area (Å²) < 4.78 is 0. The molecule has 1 saturated carbocycles. The number of nitrogens with two attached hydrogens (primary N) is 1. The van der Waals surface area contributed by atoms with Crippen LogP contribution in [0.5, 0.6) is 0 Å². The molecule has 1 aliphatic rings. The highest BCUT2D eigenvalue weighted by Gasteiger charge is 2.25. The van der Waals surface area contributed by atoms with E-state index in [0.29, 0.717) is 6.04 Å². The second-order valence-corrected chi connectivity index (χ2v) is 4.43. The normalized spacial score (nSPS) is 15.6. The van der Waals surface area contributed by atoms with E-state index in [1.807, 2.05) is 26.1 Å². The Kier molecular flexibility index (Phi) is 2.81. The Hall–Kier alpha value is -1.58. The maximum atomic E-state index is 7.57. The van der Waals surface area contributed by atoms with Crippen LogP contribution in [-0.2, 0) is 0 Å². The average molecular weight is 218 g/mol. The lowest BCUT2D eigenvalue weighted by molar-refractivity contribution is 0.399. The molecular formula is C12H18N4. The van der Waals surface area contributed by atoms with Gasteiger partial charge in [0, 0.05) is 18.8 Å². The molecule has 4 nitrogen and oxygen atoms in total. The van der Waals surface area contributed by atoms with Gasteiger partial charge in [-0.3, -0.25) is 5.41 Å². The van der Waals surface area contributed by atoms with E-state index in [0.717, 1.165) is 17.1 Å². The van der Waals surface area contributed by atoms with Gasteiger partial charge in [0.25, 0.3) is 0 Å². The number of pyridine rings is 1. The predicted molar refractivity (Wildman–Crippen MR) is 66.0 cm³/mol. The first-order valence-electron chi connectivity index (χ1n) is 5.64. The van der Waals surface area contributed by atoms with Crippen LogP contribution in [-0.4, -0.2) is 23.9 Å². The summed E-state index contributed by atoms with van der Waals surface area (Å²) in [4.78, 5) is 6.66. The molecule has 3 N–H and O–H groups in total. The highest BCUT2D eigenvalue weighted by atomic mass is 15.2. The van der Waals surface area contributed by atoms with Crippen molar-refractivity contribution in [3.05, 3.63) is 23.4 Å². The third-order valence-electron chi connectivity index (χ3n) is 3.26. The van der Waals surface area contributed by atoms with Crippen LogP contribution in [0.2, 0.25) is 0 Å². The van der Waals surface area contributed by atoms with Crippen molar-refractivity contribution in [3.8, 4) is 0 Å². The summed E-state index contributed by atoms with van der Waals surface area (Å²) in [6, 6.07) is 4.34. The number of hydrogen-bond acceptors (Lipinski definition) is 3. The molecular weight excluding hydrogens is 200 g/mol. The topological polar surface area (TPSA) is 66.0 Å². The van der Waals surface area contributed by atoms with E-state index in [-0.39, 0.29) is 5.84 Å². The number of aryl methyl sites for hydroxylation is 1. The zero-order valence-corrected chi connectivity index (χ0v) is 9.83. The maximum Gasteiger partial charge on any atom is 0.139 e. The summed E-state index contributed by atoms with van der Waals surface area (Å²) in [5.74, 6) is 0.936. The number of hydrogen-bond donors (Lipinski definition) is 2. The van der Waals surface area contributed by atoms with Gasteiger partial charge in [-0.1, -0.05) is 0 Å². The van der Waals surface area contributed by atoms with Crippen molar-refractivity contribution < 1.29 is 0 Å². The van der Waals surface area contributed by atoms with E-state index >= 15 is 0 Å². The summed E-state index contributed by atoms with van der Waals surface area (Å²) in [6.07, 6.45) is 3.71. The smallest absolute Gasteiger partial charge is 0.139 e. The van der Waals surface area contributed by atoms with Crippen LogP contribution in [0.1, 0.15) is 30.5 Å². The highest BCUT2D eigenvalue weighted by Crippen LogP contribution is 2.29. The summed E-state index contributed by atoms with van der Waals surface area (Å²) in [5.41, 5.74) is 7.28. The fraction of sp³-hybridized carbons (Fsp3) is 0.500. The van der Waals surface area contributed by atoms with Gasteiger partial charge >= 0.3 is 0 Å². The molecule has 0 amide bonds. The largest absolute Gasteiger partial charge is 0.384 e. The number of nitrogens with zero attached hydrogens (tertiary/aromatic N) is 2. The van der Waals surface area contributed by atoms with Crippen LogP contribution in [0.15, 0.2) is 12.1 Å². The monoisotopic (exact) mass is 218 g/mol. The van der Waals surface area contributed by atoms with Crippen molar-refractivity contribution in [1.29, 1.82) is 5.41 Å². The summed E-state index contributed by atoms with van der Waals surface area (Å²) >= 11 is 0. The Labute approximate surface area is 96.0 Å². The zero-order chi connectivity index (χ0) is 11.7. The van der Waals surface area contributed by atoms with Gasteiger partial charge in [-0.05, 0) is 38.3 Å².